The first-order chi connectivity index (χ1) is 16.6. The van der Waals surface area contributed by atoms with Crippen molar-refractivity contribution in [2.24, 2.45) is 12.8 Å². The summed E-state index contributed by atoms with van der Waals surface area (Å²) in [5, 5.41) is 5.05. The van der Waals surface area contributed by atoms with Crippen molar-refractivity contribution in [2.75, 3.05) is 7.05 Å². The summed E-state index contributed by atoms with van der Waals surface area (Å²) in [5.41, 5.74) is 8.00. The average Bonchev–Trinajstić information content (AvgIpc) is 3.46. The molecule has 0 radical (unpaired) electrons. The number of hydrogen-bond donors (Lipinski definition) is 1. The van der Waals surface area contributed by atoms with Gasteiger partial charge in [0.05, 0.1) is 17.5 Å². The van der Waals surface area contributed by atoms with Gasteiger partial charge in [-0.2, -0.15) is 9.47 Å². The third-order valence-electron chi connectivity index (χ3n) is 4.53. The number of benzene rings is 1. The topological polar surface area (TPSA) is 95.9 Å². The van der Waals surface area contributed by atoms with Crippen molar-refractivity contribution in [3.05, 3.63) is 77.9 Å². The number of carbonyl (C=O) groups is 1. The Kier molecular flexibility index (Phi) is 11.8. The summed E-state index contributed by atoms with van der Waals surface area (Å²) in [5.74, 6) is -1.73. The lowest BCUT2D eigenvalue weighted by molar-refractivity contribution is -0.0980. The summed E-state index contributed by atoms with van der Waals surface area (Å²) < 4.78 is 38.7. The van der Waals surface area contributed by atoms with E-state index in [1.165, 1.54) is 30.7 Å². The molecule has 10 heteroatoms. The van der Waals surface area contributed by atoms with Gasteiger partial charge < -0.3 is 15.3 Å². The number of rotatable bonds is 8. The molecule has 0 atom stereocenters. The SMILES string of the molecule is C=C(C)/C=C\C=C(/C)c1nsc(-c2cnn(C)c2COc2ccc(C(C)(F)F)cc2)n1.C=O.CN. The Hall–Kier alpha value is -3.50. The van der Waals surface area contributed by atoms with Crippen molar-refractivity contribution in [3.63, 3.8) is 0 Å². The van der Waals surface area contributed by atoms with Gasteiger partial charge in [-0.05, 0) is 62.3 Å². The van der Waals surface area contributed by atoms with Crippen LogP contribution in [0.2, 0.25) is 0 Å². The number of nitrogens with two attached hydrogens (primary N) is 1. The maximum absolute atomic E-state index is 13.4. The molecule has 35 heavy (non-hydrogen) atoms. The summed E-state index contributed by atoms with van der Waals surface area (Å²) in [6.07, 6.45) is 7.50. The van der Waals surface area contributed by atoms with Crippen LogP contribution in [0.1, 0.15) is 37.9 Å². The van der Waals surface area contributed by atoms with E-state index in [9.17, 15) is 8.78 Å². The van der Waals surface area contributed by atoms with Gasteiger partial charge in [-0.1, -0.05) is 30.4 Å². The van der Waals surface area contributed by atoms with Gasteiger partial charge in [0.15, 0.2) is 5.82 Å². The second-order valence-corrected chi connectivity index (χ2v) is 8.06. The van der Waals surface area contributed by atoms with E-state index < -0.39 is 5.92 Å². The molecule has 0 unspecified atom stereocenters. The molecule has 188 valence electrons. The van der Waals surface area contributed by atoms with Gasteiger partial charge in [0.25, 0.3) is 5.92 Å². The Morgan fingerprint density at radius 3 is 2.43 bits per heavy atom. The van der Waals surface area contributed by atoms with E-state index >= 15 is 0 Å². The van der Waals surface area contributed by atoms with Crippen molar-refractivity contribution >= 4 is 23.9 Å². The van der Waals surface area contributed by atoms with Crippen LogP contribution in [-0.2, 0) is 24.4 Å². The molecule has 3 aromatic rings. The number of halogens is 2. The van der Waals surface area contributed by atoms with Gasteiger partial charge in [0.1, 0.15) is 24.2 Å². The predicted octanol–water partition coefficient (Wildman–Crippen LogP) is 5.55. The zero-order valence-electron chi connectivity index (χ0n) is 20.6. The number of hydrogen-bond acceptors (Lipinski definition) is 7. The van der Waals surface area contributed by atoms with E-state index in [-0.39, 0.29) is 12.2 Å². The van der Waals surface area contributed by atoms with Crippen molar-refractivity contribution in [2.45, 2.75) is 33.3 Å². The highest BCUT2D eigenvalue weighted by Gasteiger charge is 2.24. The van der Waals surface area contributed by atoms with Crippen LogP contribution in [0.5, 0.6) is 5.75 Å². The molecule has 0 bridgehead atoms. The van der Waals surface area contributed by atoms with Gasteiger partial charge in [-0.25, -0.2) is 13.8 Å². The minimum Gasteiger partial charge on any atom is -0.487 e. The summed E-state index contributed by atoms with van der Waals surface area (Å²) in [6, 6.07) is 5.82. The molecular formula is C25H31F2N5O2S. The van der Waals surface area contributed by atoms with Crippen LogP contribution in [0.15, 0.2) is 60.8 Å². The molecule has 2 heterocycles. The van der Waals surface area contributed by atoms with E-state index in [2.05, 4.69) is 26.8 Å². The standard InChI is InChI=1S/C23H24F2N4OS.CH5N.CH2O/c1-15(2)7-6-8-16(3)21-27-22(31-28-21)19-13-26-29(5)20(19)14-30-18-11-9-17(10-12-18)23(4,24)25;2*1-2/h6-13H,1,14H2,2-5H3;2H2,1H3;1H2/b7-6-,16-8+;;. The molecule has 2 aromatic heterocycles. The van der Waals surface area contributed by atoms with Crippen molar-refractivity contribution in [3.8, 4) is 16.3 Å². The highest BCUT2D eigenvalue weighted by atomic mass is 32.1. The highest BCUT2D eigenvalue weighted by Crippen LogP contribution is 2.30. The monoisotopic (exact) mass is 503 g/mol. The van der Waals surface area contributed by atoms with E-state index in [1.807, 2.05) is 45.9 Å². The lowest BCUT2D eigenvalue weighted by Crippen LogP contribution is -2.07. The highest BCUT2D eigenvalue weighted by molar-refractivity contribution is 7.09. The van der Waals surface area contributed by atoms with Crippen molar-refractivity contribution in [1.29, 1.82) is 0 Å². The lowest BCUT2D eigenvalue weighted by atomic mass is 10.1. The van der Waals surface area contributed by atoms with E-state index in [4.69, 9.17) is 9.53 Å². The van der Waals surface area contributed by atoms with Gasteiger partial charge >= 0.3 is 0 Å². The zero-order valence-corrected chi connectivity index (χ0v) is 21.4. The zero-order chi connectivity index (χ0) is 26.6. The first-order valence-corrected chi connectivity index (χ1v) is 11.3. The van der Waals surface area contributed by atoms with Crippen LogP contribution in [0.3, 0.4) is 0 Å². The van der Waals surface area contributed by atoms with Gasteiger partial charge in [0.2, 0.25) is 0 Å². The Balaban J connectivity index is 0.00000145. The quantitative estimate of drug-likeness (QED) is 0.405. The fraction of sp³-hybridized carbons (Fsp3) is 0.280. The third-order valence-corrected chi connectivity index (χ3v) is 5.28. The first-order valence-electron chi connectivity index (χ1n) is 10.5. The second-order valence-electron chi connectivity index (χ2n) is 7.31. The Labute approximate surface area is 208 Å². The van der Waals surface area contributed by atoms with Gasteiger partial charge in [0, 0.05) is 19.5 Å². The molecule has 1 aromatic carbocycles. The molecule has 2 N–H and O–H groups in total. The smallest absolute Gasteiger partial charge is 0.270 e. The Morgan fingerprint density at radius 2 is 1.86 bits per heavy atom. The number of aryl methyl sites for hydroxylation is 1. The number of allylic oxidation sites excluding steroid dienone is 5. The maximum Gasteiger partial charge on any atom is 0.270 e. The van der Waals surface area contributed by atoms with Gasteiger partial charge in [-0.3, -0.25) is 4.68 Å². The van der Waals surface area contributed by atoms with Crippen LogP contribution in [0, 0.1) is 0 Å². The number of ether oxygens (including phenoxy) is 1. The normalized spacial score (nSPS) is 11.4. The molecule has 0 aliphatic rings. The van der Waals surface area contributed by atoms with E-state index in [1.54, 1.807) is 23.0 Å². The molecule has 3 rings (SSSR count). The van der Waals surface area contributed by atoms with Crippen LogP contribution in [0.25, 0.3) is 16.1 Å². The second kappa shape index (κ2) is 14.0. The largest absolute Gasteiger partial charge is 0.487 e. The molecule has 0 aliphatic heterocycles. The van der Waals surface area contributed by atoms with Crippen molar-refractivity contribution in [1.82, 2.24) is 19.1 Å². The fourth-order valence-corrected chi connectivity index (χ4v) is 3.49. The minimum atomic E-state index is -2.88. The number of aromatic nitrogens is 4. The van der Waals surface area contributed by atoms with Crippen molar-refractivity contribution < 1.29 is 18.3 Å². The average molecular weight is 504 g/mol. The molecular weight excluding hydrogens is 472 g/mol. The van der Waals surface area contributed by atoms with Crippen LogP contribution < -0.4 is 10.5 Å². The summed E-state index contributed by atoms with van der Waals surface area (Å²) >= 11 is 1.29. The maximum atomic E-state index is 13.4. The summed E-state index contributed by atoms with van der Waals surface area (Å²) in [4.78, 5) is 12.6. The molecule has 0 saturated carbocycles. The van der Waals surface area contributed by atoms with E-state index in [0.29, 0.717) is 11.6 Å². The Morgan fingerprint density at radius 1 is 1.23 bits per heavy atom. The minimum absolute atomic E-state index is 0.0519. The van der Waals surface area contributed by atoms with Crippen LogP contribution in [0.4, 0.5) is 8.78 Å². The number of carbonyl (C=O) groups excluding carboxylic acids is 1. The van der Waals surface area contributed by atoms with Crippen LogP contribution >= 0.6 is 11.5 Å². The first kappa shape index (κ1) is 29.5. The van der Waals surface area contributed by atoms with Gasteiger partial charge in [-0.15, -0.1) is 0 Å². The summed E-state index contributed by atoms with van der Waals surface area (Å²) in [6.45, 7) is 10.8. The molecule has 0 saturated heterocycles. The number of nitrogens with zero attached hydrogens (tertiary/aromatic N) is 4. The molecule has 0 amide bonds. The Bertz CT molecular complexity index is 1150. The fourth-order valence-electron chi connectivity index (χ4n) is 2.73. The third kappa shape index (κ3) is 8.66. The lowest BCUT2D eigenvalue weighted by Gasteiger charge is -2.12. The van der Waals surface area contributed by atoms with E-state index in [0.717, 1.165) is 34.3 Å². The molecule has 7 nitrogen and oxygen atoms in total. The molecule has 0 aliphatic carbocycles. The molecule has 0 spiro atoms. The number of alkyl halides is 2. The summed E-state index contributed by atoms with van der Waals surface area (Å²) in [7, 11) is 3.32. The van der Waals surface area contributed by atoms with Crippen LogP contribution in [-0.4, -0.2) is 33.0 Å². The molecule has 0 fully saturated rings. The predicted molar refractivity (Wildman–Crippen MR) is 137 cm³/mol.